The van der Waals surface area contributed by atoms with Crippen molar-refractivity contribution in [2.45, 2.75) is 38.3 Å². The molecule has 0 radical (unpaired) electrons. The molecule has 1 atom stereocenters. The van der Waals surface area contributed by atoms with Crippen molar-refractivity contribution in [3.8, 4) is 5.75 Å². The first-order valence-electron chi connectivity index (χ1n) is 6.64. The zero-order valence-corrected chi connectivity index (χ0v) is 11.9. The Hall–Kier alpha value is -1.59. The average Bonchev–Trinajstić information content (AvgIpc) is 3.17. The van der Waals surface area contributed by atoms with Gasteiger partial charge in [-0.1, -0.05) is 22.8 Å². The van der Waals surface area contributed by atoms with Gasteiger partial charge >= 0.3 is 0 Å². The van der Waals surface area contributed by atoms with Crippen molar-refractivity contribution in [3.63, 3.8) is 0 Å². The number of nitrogens with two attached hydrogens (primary N) is 1. The van der Waals surface area contributed by atoms with E-state index in [0.717, 1.165) is 24.2 Å². The van der Waals surface area contributed by atoms with Gasteiger partial charge in [0.25, 0.3) is 5.89 Å². The Labute approximate surface area is 122 Å². The lowest BCUT2D eigenvalue weighted by atomic mass is 10.1. The molecule has 0 saturated heterocycles. The van der Waals surface area contributed by atoms with Crippen molar-refractivity contribution in [1.29, 1.82) is 0 Å². The highest BCUT2D eigenvalue weighted by Crippen LogP contribution is 2.38. The van der Waals surface area contributed by atoms with E-state index >= 15 is 0 Å². The van der Waals surface area contributed by atoms with Crippen LogP contribution in [0.2, 0.25) is 5.02 Å². The number of halogens is 1. The molecular weight excluding hydrogens is 278 g/mol. The van der Waals surface area contributed by atoms with Gasteiger partial charge in [0, 0.05) is 12.0 Å². The number of nitrogens with zero attached hydrogens (tertiary/aromatic N) is 2. The van der Waals surface area contributed by atoms with Crippen LogP contribution in [0, 0.1) is 0 Å². The summed E-state index contributed by atoms with van der Waals surface area (Å²) in [7, 11) is 0. The van der Waals surface area contributed by atoms with Crippen molar-refractivity contribution in [2.24, 2.45) is 5.73 Å². The molecule has 1 aliphatic rings. The summed E-state index contributed by atoms with van der Waals surface area (Å²) in [6.07, 6.45) is 2.29. The fourth-order valence-corrected chi connectivity index (χ4v) is 2.13. The molecule has 1 saturated carbocycles. The summed E-state index contributed by atoms with van der Waals surface area (Å²) < 4.78 is 10.7. The SMILES string of the molecule is C[C@@H](N)c1ccc(OCc2nc(C3CC3)no2)c(Cl)c1. The second-order valence-corrected chi connectivity index (χ2v) is 5.49. The number of benzene rings is 1. The second kappa shape index (κ2) is 5.42. The molecule has 106 valence electrons. The molecule has 0 aliphatic heterocycles. The van der Waals surface area contributed by atoms with Gasteiger partial charge in [0.15, 0.2) is 12.4 Å². The number of aromatic nitrogens is 2. The fourth-order valence-electron chi connectivity index (χ4n) is 1.89. The Morgan fingerprint density at radius 3 is 2.95 bits per heavy atom. The molecule has 0 unspecified atom stereocenters. The van der Waals surface area contributed by atoms with Gasteiger partial charge in [-0.2, -0.15) is 4.98 Å². The van der Waals surface area contributed by atoms with Gasteiger partial charge in [0.1, 0.15) is 5.75 Å². The normalized spacial score (nSPS) is 16.1. The zero-order chi connectivity index (χ0) is 14.1. The van der Waals surface area contributed by atoms with Gasteiger partial charge in [-0.25, -0.2) is 0 Å². The van der Waals surface area contributed by atoms with Crippen LogP contribution in [-0.2, 0) is 6.61 Å². The quantitative estimate of drug-likeness (QED) is 0.916. The van der Waals surface area contributed by atoms with Crippen molar-refractivity contribution in [3.05, 3.63) is 40.5 Å². The van der Waals surface area contributed by atoms with Gasteiger partial charge in [0.05, 0.1) is 5.02 Å². The van der Waals surface area contributed by atoms with E-state index in [1.165, 1.54) is 0 Å². The Balaban J connectivity index is 1.65. The van der Waals surface area contributed by atoms with E-state index in [4.69, 9.17) is 26.6 Å². The summed E-state index contributed by atoms with van der Waals surface area (Å²) in [6.45, 7) is 2.13. The Morgan fingerprint density at radius 1 is 1.50 bits per heavy atom. The fraction of sp³-hybridized carbons (Fsp3) is 0.429. The maximum atomic E-state index is 6.16. The molecule has 0 bridgehead atoms. The molecule has 20 heavy (non-hydrogen) atoms. The van der Waals surface area contributed by atoms with Crippen LogP contribution in [0.25, 0.3) is 0 Å². The second-order valence-electron chi connectivity index (χ2n) is 5.09. The monoisotopic (exact) mass is 293 g/mol. The van der Waals surface area contributed by atoms with Crippen LogP contribution in [0.5, 0.6) is 5.75 Å². The van der Waals surface area contributed by atoms with Crippen molar-refractivity contribution >= 4 is 11.6 Å². The van der Waals surface area contributed by atoms with Crippen molar-refractivity contribution in [2.75, 3.05) is 0 Å². The molecule has 3 rings (SSSR count). The highest BCUT2D eigenvalue weighted by molar-refractivity contribution is 6.32. The molecular formula is C14H16ClN3O2. The minimum atomic E-state index is -0.0569. The predicted molar refractivity (Wildman–Crippen MR) is 74.7 cm³/mol. The highest BCUT2D eigenvalue weighted by Gasteiger charge is 2.28. The van der Waals surface area contributed by atoms with Crippen LogP contribution >= 0.6 is 11.6 Å². The van der Waals surface area contributed by atoms with Crippen LogP contribution < -0.4 is 10.5 Å². The van der Waals surface area contributed by atoms with E-state index < -0.39 is 0 Å². The molecule has 6 heteroatoms. The molecule has 0 spiro atoms. The molecule has 1 heterocycles. The molecule has 0 amide bonds. The molecule has 2 aromatic rings. The maximum absolute atomic E-state index is 6.16. The number of hydrogen-bond donors (Lipinski definition) is 1. The van der Waals surface area contributed by atoms with E-state index in [1.54, 1.807) is 6.07 Å². The lowest BCUT2D eigenvalue weighted by Gasteiger charge is -2.09. The number of hydrogen-bond acceptors (Lipinski definition) is 5. The molecule has 1 aromatic carbocycles. The first kappa shape index (κ1) is 13.4. The number of rotatable bonds is 5. The van der Waals surface area contributed by atoms with E-state index in [0.29, 0.717) is 22.6 Å². The minimum Gasteiger partial charge on any atom is -0.482 e. The lowest BCUT2D eigenvalue weighted by molar-refractivity contribution is 0.242. The third-order valence-electron chi connectivity index (χ3n) is 3.26. The van der Waals surface area contributed by atoms with Crippen LogP contribution in [0.4, 0.5) is 0 Å². The Morgan fingerprint density at radius 2 is 2.30 bits per heavy atom. The lowest BCUT2D eigenvalue weighted by Crippen LogP contribution is -2.05. The largest absolute Gasteiger partial charge is 0.482 e. The summed E-state index contributed by atoms with van der Waals surface area (Å²) in [6, 6.07) is 5.46. The third-order valence-corrected chi connectivity index (χ3v) is 3.55. The van der Waals surface area contributed by atoms with Gasteiger partial charge in [-0.05, 0) is 37.5 Å². The summed E-state index contributed by atoms with van der Waals surface area (Å²) in [4.78, 5) is 4.30. The average molecular weight is 294 g/mol. The molecule has 1 fully saturated rings. The Bertz CT molecular complexity index is 608. The minimum absolute atomic E-state index is 0.0569. The van der Waals surface area contributed by atoms with Gasteiger partial charge in [-0.3, -0.25) is 0 Å². The first-order chi connectivity index (χ1) is 9.63. The third kappa shape index (κ3) is 2.94. The summed E-state index contributed by atoms with van der Waals surface area (Å²) in [5.41, 5.74) is 6.77. The van der Waals surface area contributed by atoms with Crippen LogP contribution in [0.1, 0.15) is 49.0 Å². The molecule has 5 nitrogen and oxygen atoms in total. The van der Waals surface area contributed by atoms with Crippen molar-refractivity contribution in [1.82, 2.24) is 10.1 Å². The van der Waals surface area contributed by atoms with Crippen LogP contribution in [-0.4, -0.2) is 10.1 Å². The van der Waals surface area contributed by atoms with Gasteiger partial charge < -0.3 is 15.0 Å². The summed E-state index contributed by atoms with van der Waals surface area (Å²) in [5, 5.41) is 4.46. The smallest absolute Gasteiger partial charge is 0.264 e. The summed E-state index contributed by atoms with van der Waals surface area (Å²) >= 11 is 6.16. The van der Waals surface area contributed by atoms with Gasteiger partial charge in [-0.15, -0.1) is 0 Å². The van der Waals surface area contributed by atoms with E-state index in [-0.39, 0.29) is 12.6 Å². The van der Waals surface area contributed by atoms with E-state index in [9.17, 15) is 0 Å². The van der Waals surface area contributed by atoms with Crippen LogP contribution in [0.15, 0.2) is 22.7 Å². The maximum Gasteiger partial charge on any atom is 0.264 e. The number of ether oxygens (including phenoxy) is 1. The standard InChI is InChI=1S/C14H16ClN3O2/c1-8(16)10-4-5-12(11(15)6-10)19-7-13-17-14(18-20-13)9-2-3-9/h4-6,8-9H,2-3,7,16H2,1H3/t8-/m1/s1. The predicted octanol–water partition coefficient (Wildman–Crippen LogP) is 3.20. The molecule has 1 aliphatic carbocycles. The zero-order valence-electron chi connectivity index (χ0n) is 11.2. The summed E-state index contributed by atoms with van der Waals surface area (Å²) in [5.74, 6) is 2.31. The van der Waals surface area contributed by atoms with E-state index in [1.807, 2.05) is 19.1 Å². The Kier molecular flexibility index (Phi) is 3.63. The molecule has 2 N–H and O–H groups in total. The topological polar surface area (TPSA) is 74.2 Å². The van der Waals surface area contributed by atoms with Crippen molar-refractivity contribution < 1.29 is 9.26 Å². The van der Waals surface area contributed by atoms with E-state index in [2.05, 4.69) is 10.1 Å². The first-order valence-corrected chi connectivity index (χ1v) is 7.01. The van der Waals surface area contributed by atoms with Crippen LogP contribution in [0.3, 0.4) is 0 Å². The molecule has 1 aromatic heterocycles. The highest BCUT2D eigenvalue weighted by atomic mass is 35.5. The van der Waals surface area contributed by atoms with Gasteiger partial charge in [0.2, 0.25) is 0 Å².